The highest BCUT2D eigenvalue weighted by Crippen LogP contribution is 2.16. The standard InChI is InChI=1S/C12H10N2.H2/c1-3-7-11(8-4-1)13-14-12-9-5-2-6-10-12;/h1-10H;1H. The number of azo groups is 1. The molecule has 2 heteroatoms. The van der Waals surface area contributed by atoms with E-state index in [4.69, 9.17) is 0 Å². The van der Waals surface area contributed by atoms with Crippen LogP contribution in [0, 0.1) is 0 Å². The lowest BCUT2D eigenvalue weighted by Crippen LogP contribution is -1.62. The molecule has 0 bridgehead atoms. The smallest absolute Gasteiger partial charge is 0.0857 e. The molecule has 0 spiro atoms. The zero-order chi connectivity index (χ0) is 9.64. The highest BCUT2D eigenvalue weighted by atomic mass is 15.1. The maximum atomic E-state index is 4.10. The summed E-state index contributed by atoms with van der Waals surface area (Å²) in [6, 6.07) is 19.4. The summed E-state index contributed by atoms with van der Waals surface area (Å²) in [6.45, 7) is 0. The molecule has 0 saturated heterocycles. The van der Waals surface area contributed by atoms with Gasteiger partial charge < -0.3 is 0 Å². The van der Waals surface area contributed by atoms with Crippen molar-refractivity contribution in [1.82, 2.24) is 0 Å². The van der Waals surface area contributed by atoms with Crippen LogP contribution in [0.5, 0.6) is 0 Å². The summed E-state index contributed by atoms with van der Waals surface area (Å²) in [7, 11) is 0. The first-order valence-corrected chi connectivity index (χ1v) is 4.47. The van der Waals surface area contributed by atoms with Gasteiger partial charge in [-0.2, -0.15) is 10.2 Å². The van der Waals surface area contributed by atoms with Gasteiger partial charge in [-0.1, -0.05) is 36.4 Å². The van der Waals surface area contributed by atoms with Gasteiger partial charge in [0.15, 0.2) is 0 Å². The van der Waals surface area contributed by atoms with Crippen LogP contribution in [-0.2, 0) is 0 Å². The zero-order valence-corrected chi connectivity index (χ0v) is 7.67. The Kier molecular flexibility index (Phi) is 2.67. The fourth-order valence-electron chi connectivity index (χ4n) is 1.10. The van der Waals surface area contributed by atoms with E-state index in [1.807, 2.05) is 60.7 Å². The zero-order valence-electron chi connectivity index (χ0n) is 7.67. The van der Waals surface area contributed by atoms with Crippen LogP contribution < -0.4 is 0 Å². The van der Waals surface area contributed by atoms with Gasteiger partial charge in [0.2, 0.25) is 0 Å². The first kappa shape index (κ1) is 8.63. The van der Waals surface area contributed by atoms with Crippen LogP contribution in [0.2, 0.25) is 0 Å². The van der Waals surface area contributed by atoms with Crippen LogP contribution in [0.15, 0.2) is 70.9 Å². The second-order valence-electron chi connectivity index (χ2n) is 2.87. The van der Waals surface area contributed by atoms with E-state index in [1.165, 1.54) is 0 Å². The van der Waals surface area contributed by atoms with Gasteiger partial charge in [-0.25, -0.2) is 0 Å². The summed E-state index contributed by atoms with van der Waals surface area (Å²) in [6.07, 6.45) is 0. The Bertz CT molecular complexity index is 371. The largest absolute Gasteiger partial charge is 0.151 e. The predicted molar refractivity (Wildman–Crippen MR) is 59.2 cm³/mol. The lowest BCUT2D eigenvalue weighted by Gasteiger charge is -1.91. The van der Waals surface area contributed by atoms with Gasteiger partial charge in [0.1, 0.15) is 0 Å². The Morgan fingerprint density at radius 1 is 0.571 bits per heavy atom. The Labute approximate surface area is 84.4 Å². The molecule has 2 aromatic carbocycles. The van der Waals surface area contributed by atoms with E-state index in [1.54, 1.807) is 0 Å². The van der Waals surface area contributed by atoms with Crippen molar-refractivity contribution in [2.24, 2.45) is 10.2 Å². The van der Waals surface area contributed by atoms with Crippen molar-refractivity contribution >= 4 is 11.4 Å². The number of benzene rings is 2. The van der Waals surface area contributed by atoms with Crippen LogP contribution >= 0.6 is 0 Å². The predicted octanol–water partition coefficient (Wildman–Crippen LogP) is 4.35. The van der Waals surface area contributed by atoms with E-state index in [-0.39, 0.29) is 1.43 Å². The Balaban J connectivity index is 0.00000112. The van der Waals surface area contributed by atoms with E-state index >= 15 is 0 Å². The quantitative estimate of drug-likeness (QED) is 0.620. The minimum atomic E-state index is 0. The second kappa shape index (κ2) is 4.33. The number of nitrogens with zero attached hydrogens (tertiary/aromatic N) is 2. The fourth-order valence-corrected chi connectivity index (χ4v) is 1.10. The minimum absolute atomic E-state index is 0. The van der Waals surface area contributed by atoms with Gasteiger partial charge in [-0.15, -0.1) is 0 Å². The molecular formula is C12H12N2. The Morgan fingerprint density at radius 2 is 0.929 bits per heavy atom. The first-order chi connectivity index (χ1) is 6.95. The molecule has 0 amide bonds. The lowest BCUT2D eigenvalue weighted by atomic mass is 10.3. The van der Waals surface area contributed by atoms with Gasteiger partial charge in [-0.3, -0.25) is 0 Å². The molecule has 0 aliphatic carbocycles. The third-order valence-corrected chi connectivity index (χ3v) is 1.79. The van der Waals surface area contributed by atoms with Crippen molar-refractivity contribution in [3.63, 3.8) is 0 Å². The van der Waals surface area contributed by atoms with Crippen LogP contribution in [0.3, 0.4) is 0 Å². The molecule has 14 heavy (non-hydrogen) atoms. The highest BCUT2D eigenvalue weighted by Gasteiger charge is 1.86. The van der Waals surface area contributed by atoms with Crippen molar-refractivity contribution in [2.45, 2.75) is 0 Å². The third-order valence-electron chi connectivity index (χ3n) is 1.79. The van der Waals surface area contributed by atoms with E-state index < -0.39 is 0 Å². The van der Waals surface area contributed by atoms with Crippen LogP contribution in [0.4, 0.5) is 11.4 Å². The maximum Gasteiger partial charge on any atom is 0.0857 e. The van der Waals surface area contributed by atoms with Gasteiger partial charge in [0.05, 0.1) is 11.4 Å². The average Bonchev–Trinajstić information content (AvgIpc) is 2.29. The van der Waals surface area contributed by atoms with Crippen molar-refractivity contribution in [3.05, 3.63) is 60.7 Å². The summed E-state index contributed by atoms with van der Waals surface area (Å²) in [5.41, 5.74) is 1.74. The van der Waals surface area contributed by atoms with Crippen molar-refractivity contribution in [1.29, 1.82) is 0 Å². The van der Waals surface area contributed by atoms with Crippen molar-refractivity contribution < 1.29 is 1.43 Å². The molecule has 0 radical (unpaired) electrons. The number of hydrogen-bond acceptors (Lipinski definition) is 2. The average molecular weight is 184 g/mol. The van der Waals surface area contributed by atoms with E-state index in [0.29, 0.717) is 0 Å². The number of hydrogen-bond donors (Lipinski definition) is 0. The first-order valence-electron chi connectivity index (χ1n) is 4.47. The Hall–Kier alpha value is -1.96. The van der Waals surface area contributed by atoms with E-state index in [0.717, 1.165) is 11.4 Å². The molecule has 0 atom stereocenters. The van der Waals surface area contributed by atoms with Gasteiger partial charge in [0, 0.05) is 1.43 Å². The second-order valence-corrected chi connectivity index (χ2v) is 2.87. The SMILES string of the molecule is [HH].c1ccc(N=Nc2ccccc2)cc1. The monoisotopic (exact) mass is 184 g/mol. The van der Waals surface area contributed by atoms with Crippen molar-refractivity contribution in [2.75, 3.05) is 0 Å². The lowest BCUT2D eigenvalue weighted by molar-refractivity contribution is 1.23. The molecule has 0 fully saturated rings. The van der Waals surface area contributed by atoms with Crippen LogP contribution in [0.25, 0.3) is 0 Å². The summed E-state index contributed by atoms with van der Waals surface area (Å²) < 4.78 is 0. The minimum Gasteiger partial charge on any atom is -0.151 e. The molecule has 0 unspecified atom stereocenters. The summed E-state index contributed by atoms with van der Waals surface area (Å²) in [5, 5.41) is 8.20. The molecule has 2 nitrogen and oxygen atoms in total. The highest BCUT2D eigenvalue weighted by molar-refractivity contribution is 5.39. The molecule has 0 heterocycles. The van der Waals surface area contributed by atoms with Gasteiger partial charge >= 0.3 is 0 Å². The molecule has 0 saturated carbocycles. The molecule has 0 aliphatic rings. The Morgan fingerprint density at radius 3 is 1.29 bits per heavy atom. The molecule has 0 aromatic heterocycles. The molecule has 0 aliphatic heterocycles. The van der Waals surface area contributed by atoms with Crippen LogP contribution in [-0.4, -0.2) is 0 Å². The summed E-state index contributed by atoms with van der Waals surface area (Å²) in [4.78, 5) is 0. The third kappa shape index (κ3) is 2.26. The van der Waals surface area contributed by atoms with E-state index in [9.17, 15) is 0 Å². The van der Waals surface area contributed by atoms with Crippen molar-refractivity contribution in [3.8, 4) is 0 Å². The number of rotatable bonds is 2. The molecular weight excluding hydrogens is 172 g/mol. The molecule has 2 rings (SSSR count). The molecule has 0 N–H and O–H groups in total. The summed E-state index contributed by atoms with van der Waals surface area (Å²) >= 11 is 0. The van der Waals surface area contributed by atoms with Gasteiger partial charge in [0.25, 0.3) is 0 Å². The normalized spacial score (nSPS) is 10.6. The topological polar surface area (TPSA) is 24.7 Å². The fraction of sp³-hybridized carbons (Fsp3) is 0. The maximum absolute atomic E-state index is 4.10. The van der Waals surface area contributed by atoms with Gasteiger partial charge in [-0.05, 0) is 24.3 Å². The summed E-state index contributed by atoms with van der Waals surface area (Å²) in [5.74, 6) is 0. The molecule has 2 aromatic rings. The van der Waals surface area contributed by atoms with E-state index in [2.05, 4.69) is 10.2 Å². The van der Waals surface area contributed by atoms with Crippen LogP contribution in [0.1, 0.15) is 1.43 Å². The molecule has 70 valence electrons.